The minimum Gasteiger partial charge on any atom is -0.388 e. The van der Waals surface area contributed by atoms with Crippen molar-refractivity contribution in [1.29, 1.82) is 0 Å². The van der Waals surface area contributed by atoms with Crippen molar-refractivity contribution in [2.24, 2.45) is 0 Å². The van der Waals surface area contributed by atoms with Gasteiger partial charge in [-0.05, 0) is 36.2 Å². The van der Waals surface area contributed by atoms with Crippen molar-refractivity contribution in [3.63, 3.8) is 0 Å². The number of para-hydroxylation sites is 1. The molecule has 3 aromatic rings. The third-order valence-electron chi connectivity index (χ3n) is 4.48. The molecule has 0 aliphatic carbocycles. The summed E-state index contributed by atoms with van der Waals surface area (Å²) in [5.41, 5.74) is 4.02. The van der Waals surface area contributed by atoms with Gasteiger partial charge in [0.25, 0.3) is 0 Å². The van der Waals surface area contributed by atoms with Crippen LogP contribution in [0.25, 0.3) is 10.9 Å². The van der Waals surface area contributed by atoms with Crippen LogP contribution in [0.2, 0.25) is 0 Å². The summed E-state index contributed by atoms with van der Waals surface area (Å²) in [4.78, 5) is 4.69. The summed E-state index contributed by atoms with van der Waals surface area (Å²) in [5, 5.41) is 14.9. The highest BCUT2D eigenvalue weighted by Crippen LogP contribution is 2.23. The van der Waals surface area contributed by atoms with Gasteiger partial charge in [0.2, 0.25) is 0 Å². The van der Waals surface area contributed by atoms with Crippen molar-refractivity contribution >= 4 is 16.6 Å². The zero-order valence-electron chi connectivity index (χ0n) is 14.8. The number of nitrogens with zero attached hydrogens (tertiary/aromatic N) is 1. The first-order chi connectivity index (χ1) is 12.3. The fourth-order valence-electron chi connectivity index (χ4n) is 3.01. The molecule has 2 aromatic carbocycles. The lowest BCUT2D eigenvalue weighted by atomic mass is 10.0. The molecule has 0 radical (unpaired) electrons. The zero-order chi connectivity index (χ0) is 17.5. The van der Waals surface area contributed by atoms with Crippen LogP contribution in [0.4, 0.5) is 5.69 Å². The average molecular weight is 334 g/mol. The number of anilines is 1. The predicted octanol–water partition coefficient (Wildman–Crippen LogP) is 5.46. The highest BCUT2D eigenvalue weighted by molar-refractivity contribution is 5.78. The van der Waals surface area contributed by atoms with Crippen molar-refractivity contribution in [3.05, 3.63) is 71.9 Å². The Morgan fingerprint density at radius 3 is 2.76 bits per heavy atom. The minimum absolute atomic E-state index is 0.382. The number of unbranched alkanes of at least 4 members (excludes halogenated alkanes) is 2. The van der Waals surface area contributed by atoms with E-state index < -0.39 is 0 Å². The molecule has 0 saturated heterocycles. The van der Waals surface area contributed by atoms with Crippen molar-refractivity contribution in [3.8, 4) is 0 Å². The largest absolute Gasteiger partial charge is 0.388 e. The van der Waals surface area contributed by atoms with Crippen LogP contribution >= 0.6 is 0 Å². The van der Waals surface area contributed by atoms with Gasteiger partial charge in [0, 0.05) is 11.1 Å². The van der Waals surface area contributed by atoms with Gasteiger partial charge >= 0.3 is 0 Å². The van der Waals surface area contributed by atoms with Gasteiger partial charge in [-0.2, -0.15) is 0 Å². The molecule has 1 atom stereocenters. The molecule has 0 amide bonds. The molecular weight excluding hydrogens is 308 g/mol. The van der Waals surface area contributed by atoms with E-state index >= 15 is 0 Å². The number of rotatable bonds is 8. The first-order valence-corrected chi connectivity index (χ1v) is 9.13. The Balaban J connectivity index is 1.63. The number of aliphatic hydroxyl groups is 1. The van der Waals surface area contributed by atoms with E-state index in [0.717, 1.165) is 40.7 Å². The summed E-state index contributed by atoms with van der Waals surface area (Å²) in [6, 6.07) is 20.4. The van der Waals surface area contributed by atoms with E-state index in [2.05, 4.69) is 35.4 Å². The number of hydrogen-bond donors (Lipinski definition) is 2. The van der Waals surface area contributed by atoms with Gasteiger partial charge < -0.3 is 10.4 Å². The van der Waals surface area contributed by atoms with Crippen LogP contribution in [0, 0.1) is 0 Å². The Hall–Kier alpha value is -2.39. The van der Waals surface area contributed by atoms with E-state index in [4.69, 9.17) is 0 Å². The molecule has 1 unspecified atom stereocenters. The Morgan fingerprint density at radius 2 is 1.88 bits per heavy atom. The molecule has 0 fully saturated rings. The number of benzene rings is 2. The van der Waals surface area contributed by atoms with Crippen LogP contribution in [0.5, 0.6) is 0 Å². The maximum atomic E-state index is 10.3. The molecule has 1 aromatic heterocycles. The fourth-order valence-corrected chi connectivity index (χ4v) is 3.01. The minimum atomic E-state index is -0.382. The molecule has 25 heavy (non-hydrogen) atoms. The van der Waals surface area contributed by atoms with Crippen LogP contribution < -0.4 is 5.32 Å². The smallest absolute Gasteiger partial charge is 0.0790 e. The van der Waals surface area contributed by atoms with Gasteiger partial charge in [-0.3, -0.25) is 4.98 Å². The number of fused-ring (bicyclic) bond motifs is 1. The maximum absolute atomic E-state index is 10.3. The highest BCUT2D eigenvalue weighted by atomic mass is 16.3. The third kappa shape index (κ3) is 4.80. The Labute approximate surface area is 149 Å². The van der Waals surface area contributed by atoms with Gasteiger partial charge in [-0.15, -0.1) is 0 Å². The van der Waals surface area contributed by atoms with Gasteiger partial charge in [-0.25, -0.2) is 0 Å². The van der Waals surface area contributed by atoms with E-state index in [0.29, 0.717) is 6.54 Å². The normalized spacial score (nSPS) is 12.2. The van der Waals surface area contributed by atoms with Crippen LogP contribution in [0.15, 0.2) is 60.7 Å². The summed E-state index contributed by atoms with van der Waals surface area (Å²) >= 11 is 0. The molecule has 0 bridgehead atoms. The number of aromatic nitrogens is 1. The quantitative estimate of drug-likeness (QED) is 0.538. The van der Waals surface area contributed by atoms with Crippen molar-refractivity contribution in [2.45, 2.75) is 45.3 Å². The summed E-state index contributed by atoms with van der Waals surface area (Å²) in [5.74, 6) is 0. The predicted molar refractivity (Wildman–Crippen MR) is 105 cm³/mol. The molecular formula is C22H26N2O. The van der Waals surface area contributed by atoms with E-state index in [1.807, 2.05) is 42.5 Å². The standard InChI is InChI=1S/C22H26N2O/c1-2-3-4-12-22(25)18-9-7-10-19(15-18)23-16-20-14-13-17-8-5-6-11-21(17)24-20/h5-11,13-15,22-23,25H,2-4,12,16H2,1H3. The first-order valence-electron chi connectivity index (χ1n) is 9.13. The number of aliphatic hydroxyl groups excluding tert-OH is 1. The molecule has 0 saturated carbocycles. The van der Waals surface area contributed by atoms with E-state index in [9.17, 15) is 5.11 Å². The van der Waals surface area contributed by atoms with Crippen LogP contribution in [-0.2, 0) is 6.54 Å². The Morgan fingerprint density at radius 1 is 1.00 bits per heavy atom. The highest BCUT2D eigenvalue weighted by Gasteiger charge is 2.08. The molecule has 3 nitrogen and oxygen atoms in total. The van der Waals surface area contributed by atoms with E-state index in [1.54, 1.807) is 0 Å². The summed E-state index contributed by atoms with van der Waals surface area (Å²) in [6.45, 7) is 2.85. The summed E-state index contributed by atoms with van der Waals surface area (Å²) < 4.78 is 0. The van der Waals surface area contributed by atoms with Crippen molar-refractivity contribution < 1.29 is 5.11 Å². The molecule has 3 heteroatoms. The molecule has 3 rings (SSSR count). The lowest BCUT2D eigenvalue weighted by Crippen LogP contribution is -2.03. The van der Waals surface area contributed by atoms with Gasteiger partial charge in [-0.1, -0.05) is 62.6 Å². The SMILES string of the molecule is CCCCCC(O)c1cccc(NCc2ccc3ccccc3n2)c1. The van der Waals surface area contributed by atoms with E-state index in [1.165, 1.54) is 12.8 Å². The molecule has 2 N–H and O–H groups in total. The molecule has 0 spiro atoms. The van der Waals surface area contributed by atoms with Gasteiger partial charge in [0.05, 0.1) is 23.9 Å². The third-order valence-corrected chi connectivity index (χ3v) is 4.48. The molecule has 1 heterocycles. The number of nitrogens with one attached hydrogen (secondary N) is 1. The second-order valence-electron chi connectivity index (χ2n) is 6.49. The zero-order valence-corrected chi connectivity index (χ0v) is 14.8. The Bertz CT molecular complexity index is 816. The van der Waals surface area contributed by atoms with Crippen molar-refractivity contribution in [2.75, 3.05) is 5.32 Å². The average Bonchev–Trinajstić information content (AvgIpc) is 2.66. The molecule has 0 aliphatic rings. The summed E-state index contributed by atoms with van der Waals surface area (Å²) in [6.07, 6.45) is 3.85. The second kappa shape index (κ2) is 8.63. The fraction of sp³-hybridized carbons (Fsp3) is 0.318. The summed E-state index contributed by atoms with van der Waals surface area (Å²) in [7, 11) is 0. The van der Waals surface area contributed by atoms with Crippen LogP contribution in [0.3, 0.4) is 0 Å². The van der Waals surface area contributed by atoms with Crippen LogP contribution in [-0.4, -0.2) is 10.1 Å². The Kier molecular flexibility index (Phi) is 6.02. The van der Waals surface area contributed by atoms with Crippen LogP contribution in [0.1, 0.15) is 50.0 Å². The first kappa shape index (κ1) is 17.4. The lowest BCUT2D eigenvalue weighted by molar-refractivity contribution is 0.163. The lowest BCUT2D eigenvalue weighted by Gasteiger charge is -2.13. The maximum Gasteiger partial charge on any atom is 0.0790 e. The number of hydrogen-bond acceptors (Lipinski definition) is 3. The van der Waals surface area contributed by atoms with E-state index in [-0.39, 0.29) is 6.10 Å². The monoisotopic (exact) mass is 334 g/mol. The van der Waals surface area contributed by atoms with Crippen molar-refractivity contribution in [1.82, 2.24) is 4.98 Å². The second-order valence-corrected chi connectivity index (χ2v) is 6.49. The van der Waals surface area contributed by atoms with Gasteiger partial charge in [0.15, 0.2) is 0 Å². The molecule has 0 aliphatic heterocycles. The topological polar surface area (TPSA) is 45.1 Å². The number of pyridine rings is 1. The molecule has 130 valence electrons. The van der Waals surface area contributed by atoms with Gasteiger partial charge in [0.1, 0.15) is 0 Å².